The van der Waals surface area contributed by atoms with Crippen LogP contribution in [0.25, 0.3) is 0 Å². The van der Waals surface area contributed by atoms with Crippen LogP contribution in [0.1, 0.15) is 23.5 Å². The van der Waals surface area contributed by atoms with Gasteiger partial charge in [-0.1, -0.05) is 58.0 Å². The van der Waals surface area contributed by atoms with Crippen LogP contribution < -0.4 is 4.90 Å². The Morgan fingerprint density at radius 3 is 2.78 bits per heavy atom. The minimum atomic E-state index is -0.177. The van der Waals surface area contributed by atoms with E-state index in [0.717, 1.165) is 26.6 Å². The molecule has 1 atom stereocenters. The van der Waals surface area contributed by atoms with Gasteiger partial charge in [0.15, 0.2) is 0 Å². The maximum Gasteiger partial charge on any atom is 0.229 e. The summed E-state index contributed by atoms with van der Waals surface area (Å²) in [7, 11) is 0. The van der Waals surface area contributed by atoms with Gasteiger partial charge in [-0.15, -0.1) is 0 Å². The van der Waals surface area contributed by atoms with Crippen molar-refractivity contribution in [2.24, 2.45) is 0 Å². The standard InChI is InChI=1S/C21H18BrN3OS/c1-14-5-2-3-8-19(14)24-12-25-20(26)10-17(15-6-4-7-16(22)9-15)18(11-23)21(25)27-13-24/h2-9,17H,10,12-13H2,1H3/t17-/m0/s1. The van der Waals surface area contributed by atoms with Crippen LogP contribution in [0.15, 0.2) is 63.6 Å². The zero-order valence-corrected chi connectivity index (χ0v) is 17.3. The number of para-hydroxylation sites is 1. The lowest BCUT2D eigenvalue weighted by molar-refractivity contribution is -0.129. The maximum absolute atomic E-state index is 13.0. The molecular formula is C21H18BrN3OS. The molecule has 0 saturated carbocycles. The summed E-state index contributed by atoms with van der Waals surface area (Å²) in [5.41, 5.74) is 4.01. The number of rotatable bonds is 2. The summed E-state index contributed by atoms with van der Waals surface area (Å²) in [5, 5.41) is 10.7. The van der Waals surface area contributed by atoms with Crippen molar-refractivity contribution in [2.75, 3.05) is 17.4 Å². The number of hydrogen-bond donors (Lipinski definition) is 0. The van der Waals surface area contributed by atoms with Crippen LogP contribution in [0.5, 0.6) is 0 Å². The van der Waals surface area contributed by atoms with Crippen molar-refractivity contribution >= 4 is 39.3 Å². The number of amides is 1. The third-order valence-electron chi connectivity index (χ3n) is 5.00. The second-order valence-electron chi connectivity index (χ2n) is 6.71. The van der Waals surface area contributed by atoms with Crippen LogP contribution in [0.2, 0.25) is 0 Å². The molecule has 0 aromatic heterocycles. The number of hydrogen-bond acceptors (Lipinski definition) is 4. The number of thioether (sulfide) groups is 1. The minimum absolute atomic E-state index is 0.0692. The zero-order valence-electron chi connectivity index (χ0n) is 14.9. The monoisotopic (exact) mass is 439 g/mol. The Bertz CT molecular complexity index is 981. The van der Waals surface area contributed by atoms with Gasteiger partial charge in [-0.2, -0.15) is 5.26 Å². The van der Waals surface area contributed by atoms with Gasteiger partial charge < -0.3 is 4.90 Å². The summed E-state index contributed by atoms with van der Waals surface area (Å²) in [6, 6.07) is 18.5. The molecule has 1 fully saturated rings. The molecule has 2 aromatic rings. The molecule has 1 saturated heterocycles. The van der Waals surface area contributed by atoms with Gasteiger partial charge in [-0.05, 0) is 36.2 Å². The van der Waals surface area contributed by atoms with E-state index >= 15 is 0 Å². The third-order valence-corrected chi connectivity index (χ3v) is 6.65. The van der Waals surface area contributed by atoms with Crippen LogP contribution in [-0.2, 0) is 4.79 Å². The van der Waals surface area contributed by atoms with Gasteiger partial charge in [-0.3, -0.25) is 9.69 Å². The predicted molar refractivity (Wildman–Crippen MR) is 112 cm³/mol. The number of aryl methyl sites for hydroxylation is 1. The summed E-state index contributed by atoms with van der Waals surface area (Å²) in [4.78, 5) is 16.9. The summed E-state index contributed by atoms with van der Waals surface area (Å²) < 4.78 is 0.958. The molecule has 0 bridgehead atoms. The number of anilines is 1. The molecule has 4 rings (SSSR count). The van der Waals surface area contributed by atoms with Gasteiger partial charge in [0.1, 0.15) is 0 Å². The molecule has 1 amide bonds. The van der Waals surface area contributed by atoms with E-state index in [9.17, 15) is 10.1 Å². The van der Waals surface area contributed by atoms with E-state index in [2.05, 4.69) is 46.0 Å². The van der Waals surface area contributed by atoms with E-state index in [-0.39, 0.29) is 11.8 Å². The highest BCUT2D eigenvalue weighted by atomic mass is 79.9. The Balaban J connectivity index is 1.69. The normalized spacial score (nSPS) is 19.7. The van der Waals surface area contributed by atoms with Crippen LogP contribution in [0, 0.1) is 18.3 Å². The highest BCUT2D eigenvalue weighted by Gasteiger charge is 2.38. The van der Waals surface area contributed by atoms with E-state index in [4.69, 9.17) is 0 Å². The number of allylic oxidation sites excluding steroid dienone is 1. The maximum atomic E-state index is 13.0. The molecule has 2 aromatic carbocycles. The van der Waals surface area contributed by atoms with Crippen molar-refractivity contribution in [2.45, 2.75) is 19.3 Å². The fourth-order valence-corrected chi connectivity index (χ4v) is 5.22. The second kappa shape index (κ2) is 7.41. The van der Waals surface area contributed by atoms with Gasteiger partial charge in [0.25, 0.3) is 0 Å². The Labute approximate surface area is 171 Å². The lowest BCUT2D eigenvalue weighted by Crippen LogP contribution is -2.47. The van der Waals surface area contributed by atoms with Gasteiger partial charge in [-0.25, -0.2) is 0 Å². The molecule has 0 spiro atoms. The van der Waals surface area contributed by atoms with Crippen LogP contribution >= 0.6 is 27.7 Å². The largest absolute Gasteiger partial charge is 0.343 e. The van der Waals surface area contributed by atoms with Crippen molar-refractivity contribution in [3.8, 4) is 6.07 Å². The highest BCUT2D eigenvalue weighted by Crippen LogP contribution is 2.43. The fraction of sp³-hybridized carbons (Fsp3) is 0.238. The molecule has 136 valence electrons. The Morgan fingerprint density at radius 2 is 2.04 bits per heavy atom. The van der Waals surface area contributed by atoms with Gasteiger partial charge in [0.2, 0.25) is 5.91 Å². The molecule has 2 aliphatic rings. The van der Waals surface area contributed by atoms with E-state index in [1.807, 2.05) is 36.4 Å². The van der Waals surface area contributed by atoms with Crippen molar-refractivity contribution in [3.63, 3.8) is 0 Å². The number of nitrogens with zero attached hydrogens (tertiary/aromatic N) is 3. The average Bonchev–Trinajstić information content (AvgIpc) is 2.68. The molecule has 0 N–H and O–H groups in total. The molecule has 0 radical (unpaired) electrons. The Morgan fingerprint density at radius 1 is 1.22 bits per heavy atom. The number of fused-ring (bicyclic) bond motifs is 1. The van der Waals surface area contributed by atoms with E-state index in [1.54, 1.807) is 16.7 Å². The molecule has 2 aliphatic heterocycles. The Hall–Kier alpha value is -2.23. The summed E-state index contributed by atoms with van der Waals surface area (Å²) in [5.74, 6) is 0.615. The van der Waals surface area contributed by atoms with E-state index in [0.29, 0.717) is 18.7 Å². The van der Waals surface area contributed by atoms with Gasteiger partial charge in [0, 0.05) is 22.5 Å². The first-order chi connectivity index (χ1) is 13.1. The number of nitriles is 1. The molecule has 4 nitrogen and oxygen atoms in total. The lowest BCUT2D eigenvalue weighted by Gasteiger charge is -2.42. The lowest BCUT2D eigenvalue weighted by atomic mass is 9.86. The smallest absolute Gasteiger partial charge is 0.229 e. The van der Waals surface area contributed by atoms with Gasteiger partial charge >= 0.3 is 0 Å². The average molecular weight is 440 g/mol. The number of carbonyl (C=O) groups is 1. The number of carbonyl (C=O) groups excluding carboxylic acids is 1. The molecule has 0 aliphatic carbocycles. The SMILES string of the molecule is Cc1ccccc1N1CSC2=C(C#N)[C@H](c3cccc(Br)c3)CC(=O)N2C1. The molecule has 2 heterocycles. The van der Waals surface area contributed by atoms with Crippen molar-refractivity contribution in [3.05, 3.63) is 74.7 Å². The van der Waals surface area contributed by atoms with Crippen molar-refractivity contribution in [1.82, 2.24) is 4.90 Å². The first-order valence-electron chi connectivity index (χ1n) is 8.72. The van der Waals surface area contributed by atoms with Crippen molar-refractivity contribution in [1.29, 1.82) is 5.26 Å². The fourth-order valence-electron chi connectivity index (χ4n) is 3.64. The molecule has 27 heavy (non-hydrogen) atoms. The van der Waals surface area contributed by atoms with Crippen LogP contribution in [0.4, 0.5) is 5.69 Å². The quantitative estimate of drug-likeness (QED) is 0.661. The summed E-state index contributed by atoms with van der Waals surface area (Å²) >= 11 is 5.06. The van der Waals surface area contributed by atoms with Crippen LogP contribution in [-0.4, -0.2) is 23.4 Å². The first-order valence-corrected chi connectivity index (χ1v) is 10.5. The topological polar surface area (TPSA) is 47.3 Å². The first kappa shape index (κ1) is 18.1. The van der Waals surface area contributed by atoms with E-state index in [1.165, 1.54) is 5.56 Å². The Kier molecular flexibility index (Phi) is 4.98. The minimum Gasteiger partial charge on any atom is -0.343 e. The molecule has 0 unspecified atom stereocenters. The molecule has 6 heteroatoms. The predicted octanol–water partition coefficient (Wildman–Crippen LogP) is 4.98. The zero-order chi connectivity index (χ0) is 19.0. The van der Waals surface area contributed by atoms with Gasteiger partial charge in [0.05, 0.1) is 29.2 Å². The van der Waals surface area contributed by atoms with Crippen molar-refractivity contribution < 1.29 is 4.79 Å². The summed E-state index contributed by atoms with van der Waals surface area (Å²) in [6.45, 7) is 2.57. The second-order valence-corrected chi connectivity index (χ2v) is 8.55. The molecular weight excluding hydrogens is 422 g/mol. The number of benzene rings is 2. The summed E-state index contributed by atoms with van der Waals surface area (Å²) in [6.07, 6.45) is 0.324. The highest BCUT2D eigenvalue weighted by molar-refractivity contribution is 9.10. The third kappa shape index (κ3) is 3.38. The number of halogens is 1. The van der Waals surface area contributed by atoms with E-state index < -0.39 is 0 Å². The van der Waals surface area contributed by atoms with Crippen LogP contribution in [0.3, 0.4) is 0 Å².